The predicted molar refractivity (Wildman–Crippen MR) is 140 cm³/mol. The van der Waals surface area contributed by atoms with Crippen molar-refractivity contribution in [2.75, 3.05) is 13.1 Å². The fraction of sp³-hybridized carbons (Fsp3) is 0.233. The van der Waals surface area contributed by atoms with Gasteiger partial charge in [-0.3, -0.25) is 4.79 Å². The van der Waals surface area contributed by atoms with Crippen LogP contribution in [0.25, 0.3) is 11.5 Å². The molecule has 0 radical (unpaired) electrons. The van der Waals surface area contributed by atoms with Crippen molar-refractivity contribution in [3.63, 3.8) is 0 Å². The number of carbonyl (C=O) groups is 2. The second-order valence-corrected chi connectivity index (χ2v) is 9.32. The third-order valence-electron chi connectivity index (χ3n) is 6.67. The first-order valence-electron chi connectivity index (χ1n) is 12.4. The fourth-order valence-electron chi connectivity index (χ4n) is 4.60. The molecule has 2 heterocycles. The van der Waals surface area contributed by atoms with Crippen LogP contribution in [0.15, 0.2) is 89.3 Å². The maximum atomic E-state index is 12.6. The molecule has 1 aromatic heterocycles. The van der Waals surface area contributed by atoms with E-state index in [4.69, 9.17) is 13.9 Å². The molecule has 3 aromatic carbocycles. The van der Waals surface area contributed by atoms with Gasteiger partial charge in [0, 0.05) is 18.7 Å². The lowest BCUT2D eigenvalue weighted by molar-refractivity contribution is -0.142. The van der Waals surface area contributed by atoms with Gasteiger partial charge in [0.2, 0.25) is 5.89 Å². The molecule has 2 atom stereocenters. The molecule has 0 aliphatic carbocycles. The molecule has 1 fully saturated rings. The largest absolute Gasteiger partial charge is 0.487 e. The Kier molecular flexibility index (Phi) is 7.40. The number of rotatable bonds is 8. The van der Waals surface area contributed by atoms with Crippen molar-refractivity contribution in [1.82, 2.24) is 9.88 Å². The number of hydrogen-bond acceptors (Lipinski definition) is 6. The predicted octanol–water partition coefficient (Wildman–Crippen LogP) is 5.60. The number of para-hydroxylation sites is 1. The highest BCUT2D eigenvalue weighted by molar-refractivity contribution is 5.75. The molecule has 0 saturated carbocycles. The number of carboxylic acids is 1. The third kappa shape index (κ3) is 5.86. The van der Waals surface area contributed by atoms with Gasteiger partial charge in [0.25, 0.3) is 0 Å². The van der Waals surface area contributed by atoms with Crippen LogP contribution < -0.4 is 9.47 Å². The second-order valence-electron chi connectivity index (χ2n) is 9.32. The first-order chi connectivity index (χ1) is 18.5. The zero-order chi connectivity index (χ0) is 26.5. The molecule has 38 heavy (non-hydrogen) atoms. The van der Waals surface area contributed by atoms with Crippen molar-refractivity contribution < 1.29 is 28.6 Å². The van der Waals surface area contributed by atoms with Crippen molar-refractivity contribution >= 4 is 12.1 Å². The van der Waals surface area contributed by atoms with Gasteiger partial charge in [0.15, 0.2) is 0 Å². The van der Waals surface area contributed by atoms with E-state index in [9.17, 15) is 14.7 Å². The lowest BCUT2D eigenvalue weighted by Gasteiger charge is -2.16. The monoisotopic (exact) mass is 512 g/mol. The van der Waals surface area contributed by atoms with Crippen LogP contribution in [0.5, 0.6) is 11.5 Å². The summed E-state index contributed by atoms with van der Waals surface area (Å²) in [5, 5.41) is 9.76. The molecule has 1 amide bonds. The summed E-state index contributed by atoms with van der Waals surface area (Å²) in [6.07, 6.45) is -0.0119. The van der Waals surface area contributed by atoms with Crippen LogP contribution in [0.4, 0.5) is 4.79 Å². The van der Waals surface area contributed by atoms with Gasteiger partial charge in [0.1, 0.15) is 29.6 Å². The number of hydrogen-bond donors (Lipinski definition) is 1. The zero-order valence-corrected chi connectivity index (χ0v) is 20.9. The molecule has 8 heteroatoms. The van der Waals surface area contributed by atoms with Crippen LogP contribution in [0.3, 0.4) is 0 Å². The van der Waals surface area contributed by atoms with Crippen molar-refractivity contribution in [1.29, 1.82) is 0 Å². The standard InChI is InChI=1S/C30H28N2O6/c1-20-27(31-28(37-20)22-8-4-2-5-9-22)19-36-24-14-12-21(13-15-24)16-23-17-32(18-26(23)29(33)34)30(35)38-25-10-6-3-7-11-25/h2-15,23,26H,16-19H2,1H3,(H,33,34)/t23-,26-/m1/s1. The summed E-state index contributed by atoms with van der Waals surface area (Å²) in [5.74, 6) is 0.565. The highest BCUT2D eigenvalue weighted by Gasteiger charge is 2.40. The van der Waals surface area contributed by atoms with Crippen LogP contribution in [-0.4, -0.2) is 40.1 Å². The van der Waals surface area contributed by atoms with E-state index in [0.717, 1.165) is 16.8 Å². The highest BCUT2D eigenvalue weighted by atomic mass is 16.6. The summed E-state index contributed by atoms with van der Waals surface area (Å²) in [4.78, 5) is 30.5. The molecule has 8 nitrogen and oxygen atoms in total. The summed E-state index contributed by atoms with van der Waals surface area (Å²) in [5.41, 5.74) is 2.60. The van der Waals surface area contributed by atoms with E-state index in [1.165, 1.54) is 4.90 Å². The Morgan fingerprint density at radius 2 is 1.63 bits per heavy atom. The summed E-state index contributed by atoms with van der Waals surface area (Å²) >= 11 is 0. The first kappa shape index (κ1) is 25.1. The molecular weight excluding hydrogens is 484 g/mol. The van der Waals surface area contributed by atoms with Gasteiger partial charge in [0.05, 0.1) is 5.92 Å². The Labute approximate surface area is 220 Å². The normalized spacial score (nSPS) is 16.8. The quantitative estimate of drug-likeness (QED) is 0.328. The van der Waals surface area contributed by atoms with Crippen molar-refractivity contribution in [2.45, 2.75) is 20.0 Å². The maximum absolute atomic E-state index is 12.6. The van der Waals surface area contributed by atoms with Crippen molar-refractivity contribution in [2.24, 2.45) is 11.8 Å². The number of carboxylic acid groups (broad SMARTS) is 1. The van der Waals surface area contributed by atoms with E-state index in [-0.39, 0.29) is 19.1 Å². The number of aromatic nitrogens is 1. The highest BCUT2D eigenvalue weighted by Crippen LogP contribution is 2.29. The number of likely N-dealkylation sites (tertiary alicyclic amines) is 1. The van der Waals surface area contributed by atoms with E-state index in [1.54, 1.807) is 24.3 Å². The number of aryl methyl sites for hydroxylation is 1. The number of ether oxygens (including phenoxy) is 2. The van der Waals surface area contributed by atoms with Crippen molar-refractivity contribution in [3.05, 3.63) is 102 Å². The Hall–Kier alpha value is -4.59. The van der Waals surface area contributed by atoms with Crippen LogP contribution in [-0.2, 0) is 17.8 Å². The van der Waals surface area contributed by atoms with E-state index >= 15 is 0 Å². The fourth-order valence-corrected chi connectivity index (χ4v) is 4.60. The number of nitrogens with zero attached hydrogens (tertiary/aromatic N) is 2. The van der Waals surface area contributed by atoms with Gasteiger partial charge < -0.3 is 23.9 Å². The van der Waals surface area contributed by atoms with Gasteiger partial charge in [-0.2, -0.15) is 0 Å². The first-order valence-corrected chi connectivity index (χ1v) is 12.4. The third-order valence-corrected chi connectivity index (χ3v) is 6.67. The minimum Gasteiger partial charge on any atom is -0.487 e. The summed E-state index contributed by atoms with van der Waals surface area (Å²) in [6, 6.07) is 26.0. The average molecular weight is 513 g/mol. The molecule has 5 rings (SSSR count). The van der Waals surface area contributed by atoms with Gasteiger partial charge in [-0.05, 0) is 61.2 Å². The Bertz CT molecular complexity index is 1390. The molecule has 0 spiro atoms. The topological polar surface area (TPSA) is 102 Å². The number of aliphatic carboxylic acids is 1. The van der Waals surface area contributed by atoms with Crippen LogP contribution >= 0.6 is 0 Å². The molecule has 194 valence electrons. The Balaban J connectivity index is 1.18. The van der Waals surface area contributed by atoms with Gasteiger partial charge >= 0.3 is 12.1 Å². The van der Waals surface area contributed by atoms with Crippen LogP contribution in [0.1, 0.15) is 17.0 Å². The molecule has 1 aliphatic rings. The molecule has 1 N–H and O–H groups in total. The van der Waals surface area contributed by atoms with E-state index in [1.807, 2.05) is 67.6 Å². The van der Waals surface area contributed by atoms with Gasteiger partial charge in [-0.1, -0.05) is 48.5 Å². The minimum atomic E-state index is -0.914. The average Bonchev–Trinajstić information content (AvgIpc) is 3.53. The summed E-state index contributed by atoms with van der Waals surface area (Å²) in [7, 11) is 0. The molecule has 1 saturated heterocycles. The zero-order valence-electron chi connectivity index (χ0n) is 20.9. The van der Waals surface area contributed by atoms with Crippen LogP contribution in [0, 0.1) is 18.8 Å². The van der Waals surface area contributed by atoms with Crippen molar-refractivity contribution in [3.8, 4) is 23.0 Å². The lowest BCUT2D eigenvalue weighted by Crippen LogP contribution is -2.32. The second kappa shape index (κ2) is 11.2. The van der Waals surface area contributed by atoms with Gasteiger partial charge in [-0.15, -0.1) is 0 Å². The maximum Gasteiger partial charge on any atom is 0.415 e. The van der Waals surface area contributed by atoms with E-state index < -0.39 is 18.0 Å². The summed E-state index contributed by atoms with van der Waals surface area (Å²) < 4.78 is 17.1. The number of amides is 1. The molecule has 0 bridgehead atoms. The molecular formula is C30H28N2O6. The van der Waals surface area contributed by atoms with E-state index in [0.29, 0.717) is 36.1 Å². The summed E-state index contributed by atoms with van der Waals surface area (Å²) in [6.45, 7) is 2.56. The number of oxazole rings is 1. The number of benzene rings is 3. The smallest absolute Gasteiger partial charge is 0.415 e. The molecule has 1 aliphatic heterocycles. The molecule has 4 aromatic rings. The minimum absolute atomic E-state index is 0.120. The van der Waals surface area contributed by atoms with Crippen LogP contribution in [0.2, 0.25) is 0 Å². The SMILES string of the molecule is Cc1oc(-c2ccccc2)nc1COc1ccc(C[C@@H]2CN(C(=O)Oc3ccccc3)C[C@H]2C(=O)O)cc1. The lowest BCUT2D eigenvalue weighted by atomic mass is 9.90. The molecule has 0 unspecified atom stereocenters. The van der Waals surface area contributed by atoms with Gasteiger partial charge in [-0.25, -0.2) is 9.78 Å². The van der Waals surface area contributed by atoms with E-state index in [2.05, 4.69) is 4.98 Å². The Morgan fingerprint density at radius 3 is 2.32 bits per heavy atom. The number of carbonyl (C=O) groups excluding carboxylic acids is 1. The Morgan fingerprint density at radius 1 is 0.947 bits per heavy atom.